The van der Waals surface area contributed by atoms with Gasteiger partial charge in [-0.25, -0.2) is 13.1 Å². The third-order valence-electron chi connectivity index (χ3n) is 7.86. The van der Waals surface area contributed by atoms with Gasteiger partial charge in [0.1, 0.15) is 6.54 Å². The number of benzene rings is 2. The predicted octanol–water partition coefficient (Wildman–Crippen LogP) is 5.02. The van der Waals surface area contributed by atoms with Crippen molar-refractivity contribution in [2.45, 2.75) is 64.4 Å². The van der Waals surface area contributed by atoms with Gasteiger partial charge in [-0.2, -0.15) is 0 Å². The van der Waals surface area contributed by atoms with Gasteiger partial charge in [0.15, 0.2) is 6.04 Å². The molecule has 8 nitrogen and oxygen atoms in total. The van der Waals surface area contributed by atoms with Crippen LogP contribution in [0.3, 0.4) is 0 Å². The number of carbonyl (C=O) groups excluding carboxylic acids is 1. The van der Waals surface area contributed by atoms with Crippen molar-refractivity contribution in [2.24, 2.45) is 17.6 Å². The highest BCUT2D eigenvalue weighted by molar-refractivity contribution is 7.92. The molecule has 0 saturated heterocycles. The van der Waals surface area contributed by atoms with E-state index in [9.17, 15) is 13.2 Å². The first kappa shape index (κ1) is 27.9. The van der Waals surface area contributed by atoms with Gasteiger partial charge in [0, 0.05) is 28.5 Å². The normalized spacial score (nSPS) is 16.6. The third-order valence-corrected chi connectivity index (χ3v) is 9.25. The number of amides is 1. The molecule has 3 aromatic rings. The Kier molecular flexibility index (Phi) is 7.99. The number of hydrogen-bond donors (Lipinski definition) is 2. The Morgan fingerprint density at radius 3 is 2.32 bits per heavy atom. The van der Waals surface area contributed by atoms with E-state index in [0.717, 1.165) is 17.7 Å². The van der Waals surface area contributed by atoms with Crippen LogP contribution in [-0.4, -0.2) is 43.6 Å². The van der Waals surface area contributed by atoms with Gasteiger partial charge in [0.2, 0.25) is 5.88 Å². The van der Waals surface area contributed by atoms with Crippen molar-refractivity contribution in [3.8, 4) is 11.1 Å². The Balaban J connectivity index is 1.62. The number of hydrogen-bond acceptors (Lipinski definition) is 5. The van der Waals surface area contributed by atoms with Crippen molar-refractivity contribution >= 4 is 21.8 Å². The summed E-state index contributed by atoms with van der Waals surface area (Å²) in [5, 5.41) is 3.84. The predicted molar refractivity (Wildman–Crippen MR) is 149 cm³/mol. The number of carbonyl (C=O) groups is 1. The maximum atomic E-state index is 13.3. The summed E-state index contributed by atoms with van der Waals surface area (Å²) in [7, 11) is -1.78. The summed E-state index contributed by atoms with van der Waals surface area (Å²) in [6, 6.07) is 14.5. The molecule has 1 fully saturated rings. The Hall–Kier alpha value is -3.17. The Labute approximate surface area is 225 Å². The summed E-state index contributed by atoms with van der Waals surface area (Å²) in [4.78, 5) is 12.7. The molecule has 9 heteroatoms. The minimum absolute atomic E-state index is 0.116. The molecule has 1 aliphatic carbocycles. The van der Waals surface area contributed by atoms with Crippen molar-refractivity contribution in [1.29, 1.82) is 0 Å². The number of primary amides is 1. The van der Waals surface area contributed by atoms with E-state index in [0.29, 0.717) is 33.8 Å². The number of nitrogens with one attached hydrogen (secondary N) is 1. The van der Waals surface area contributed by atoms with Crippen LogP contribution in [0, 0.1) is 25.7 Å². The van der Waals surface area contributed by atoms with E-state index < -0.39 is 10.0 Å². The minimum atomic E-state index is -3.92. The topological polar surface area (TPSA) is 115 Å². The number of aromatic nitrogens is 1. The molecule has 1 heterocycles. The molecule has 1 aliphatic rings. The van der Waals surface area contributed by atoms with Crippen LogP contribution in [0.15, 0.2) is 57.9 Å². The Morgan fingerprint density at radius 2 is 1.79 bits per heavy atom. The lowest BCUT2D eigenvalue weighted by Gasteiger charge is -2.45. The highest BCUT2D eigenvalue weighted by Gasteiger charge is 2.42. The van der Waals surface area contributed by atoms with Gasteiger partial charge in [0.05, 0.1) is 24.2 Å². The zero-order valence-electron chi connectivity index (χ0n) is 22.9. The van der Waals surface area contributed by atoms with Crippen LogP contribution in [0.4, 0.5) is 5.88 Å². The summed E-state index contributed by atoms with van der Waals surface area (Å²) in [5.41, 5.74) is 9.63. The number of anilines is 1. The van der Waals surface area contributed by atoms with E-state index in [4.69, 9.17) is 10.3 Å². The lowest BCUT2D eigenvalue weighted by Crippen LogP contribution is -2.61. The second kappa shape index (κ2) is 10.9. The zero-order valence-corrected chi connectivity index (χ0v) is 23.7. The fourth-order valence-electron chi connectivity index (χ4n) is 5.73. The molecule has 3 N–H and O–H groups in total. The van der Waals surface area contributed by atoms with Gasteiger partial charge < -0.3 is 14.7 Å². The maximum absolute atomic E-state index is 13.3. The molecule has 2 aromatic carbocycles. The minimum Gasteiger partial charge on any atom is -0.365 e. The van der Waals surface area contributed by atoms with Crippen LogP contribution in [0.25, 0.3) is 11.1 Å². The summed E-state index contributed by atoms with van der Waals surface area (Å²) in [6.07, 6.45) is 3.64. The van der Waals surface area contributed by atoms with Crippen LogP contribution in [0.5, 0.6) is 0 Å². The van der Waals surface area contributed by atoms with Crippen LogP contribution < -0.4 is 10.5 Å². The Morgan fingerprint density at radius 1 is 1.13 bits per heavy atom. The number of rotatable bonds is 11. The molecule has 1 aromatic heterocycles. The summed E-state index contributed by atoms with van der Waals surface area (Å²) >= 11 is 0. The van der Waals surface area contributed by atoms with Crippen molar-refractivity contribution < 1.29 is 22.2 Å². The molecular weight excluding hydrogens is 500 g/mol. The largest absolute Gasteiger partial charge is 0.365 e. The van der Waals surface area contributed by atoms with Gasteiger partial charge in [0.25, 0.3) is 15.9 Å². The molecule has 4 rings (SSSR count). The van der Waals surface area contributed by atoms with Crippen LogP contribution in [0.2, 0.25) is 0 Å². The monoisotopic (exact) mass is 539 g/mol. The first-order valence-corrected chi connectivity index (χ1v) is 14.7. The van der Waals surface area contributed by atoms with Crippen LogP contribution >= 0.6 is 0 Å². The van der Waals surface area contributed by atoms with E-state index >= 15 is 0 Å². The fraction of sp³-hybridized carbons (Fsp3) is 0.448. The molecule has 204 valence electrons. The molecule has 1 unspecified atom stereocenters. The lowest BCUT2D eigenvalue weighted by atomic mass is 9.83. The molecule has 0 aliphatic heterocycles. The van der Waals surface area contributed by atoms with E-state index in [1.807, 2.05) is 30.3 Å². The van der Waals surface area contributed by atoms with Crippen LogP contribution in [-0.2, 0) is 21.4 Å². The van der Waals surface area contributed by atoms with Gasteiger partial charge in [-0.3, -0.25) is 4.79 Å². The van der Waals surface area contributed by atoms with E-state index in [1.54, 1.807) is 32.0 Å². The number of quaternary nitrogens is 1. The van der Waals surface area contributed by atoms with Gasteiger partial charge in [-0.15, -0.1) is 0 Å². The number of aryl methyl sites for hydroxylation is 1. The van der Waals surface area contributed by atoms with Gasteiger partial charge in [-0.05, 0) is 38.3 Å². The number of nitrogens with zero attached hydrogens (tertiary/aromatic N) is 2. The number of nitrogens with two attached hydrogens (primary N) is 1. The second-order valence-corrected chi connectivity index (χ2v) is 12.9. The Bertz CT molecular complexity index is 1390. The molecule has 2 atom stereocenters. The molecular formula is C29H39N4O4S+. The third kappa shape index (κ3) is 5.78. The average Bonchev–Trinajstić information content (AvgIpc) is 3.13. The van der Waals surface area contributed by atoms with E-state index in [1.165, 1.54) is 19.3 Å². The summed E-state index contributed by atoms with van der Waals surface area (Å²) < 4.78 is 34.9. The SMILES string of the molecule is Cc1noc(NS(=O)(=O)c2ccccc2-c2ccc(C[N+](C)(CC3CCC3)[C@H](C(N)=O)C(C)C)cc2)c1C. The first-order chi connectivity index (χ1) is 17.9. The smallest absolute Gasteiger partial charge is 0.276 e. The number of likely N-dealkylation sites (N-methyl/N-ethyl adjacent to an activating group) is 1. The second-order valence-electron chi connectivity index (χ2n) is 11.2. The summed E-state index contributed by atoms with van der Waals surface area (Å²) in [6.45, 7) is 9.23. The fourth-order valence-corrected chi connectivity index (χ4v) is 7.01. The molecule has 0 radical (unpaired) electrons. The standard InChI is InChI=1S/C29H38N4O4S/c1-19(2)27(28(30)34)33(5,17-22-9-8-10-22)18-23-13-15-24(16-14-23)25-11-6-7-12-26(25)38(35,36)32-29-20(3)21(4)31-37-29/h6-7,11-16,19,22,27H,8-10,17-18H2,1-5H3,(H2-,30,31,32,34)/p+1/t27-,33?/m0/s1. The molecule has 0 bridgehead atoms. The molecule has 0 spiro atoms. The zero-order chi connectivity index (χ0) is 27.7. The number of sulfonamides is 1. The molecule has 1 amide bonds. The lowest BCUT2D eigenvalue weighted by molar-refractivity contribution is -0.944. The summed E-state index contributed by atoms with van der Waals surface area (Å²) in [5.74, 6) is 0.590. The first-order valence-electron chi connectivity index (χ1n) is 13.2. The van der Waals surface area contributed by atoms with E-state index in [-0.39, 0.29) is 28.6 Å². The van der Waals surface area contributed by atoms with Crippen LogP contribution in [0.1, 0.15) is 49.9 Å². The maximum Gasteiger partial charge on any atom is 0.276 e. The van der Waals surface area contributed by atoms with Crippen molar-refractivity contribution in [3.63, 3.8) is 0 Å². The van der Waals surface area contributed by atoms with Gasteiger partial charge in [-0.1, -0.05) is 67.9 Å². The quantitative estimate of drug-likeness (QED) is 0.332. The van der Waals surface area contributed by atoms with Crippen molar-refractivity contribution in [1.82, 2.24) is 5.16 Å². The highest BCUT2D eigenvalue weighted by Crippen LogP contribution is 2.34. The van der Waals surface area contributed by atoms with Crippen molar-refractivity contribution in [3.05, 3.63) is 65.4 Å². The van der Waals surface area contributed by atoms with Crippen molar-refractivity contribution in [2.75, 3.05) is 18.3 Å². The van der Waals surface area contributed by atoms with Gasteiger partial charge >= 0.3 is 0 Å². The average molecular weight is 540 g/mol. The highest BCUT2D eigenvalue weighted by atomic mass is 32.2. The molecule has 38 heavy (non-hydrogen) atoms. The molecule has 1 saturated carbocycles. The van der Waals surface area contributed by atoms with E-state index in [2.05, 4.69) is 30.8 Å².